The maximum absolute atomic E-state index is 10.8. The Morgan fingerprint density at radius 2 is 1.85 bits per heavy atom. The molecule has 3 aromatic rings. The Morgan fingerprint density at radius 3 is 2.42 bits per heavy atom. The van der Waals surface area contributed by atoms with Crippen molar-refractivity contribution in [1.29, 1.82) is 5.26 Å². The van der Waals surface area contributed by atoms with E-state index in [1.54, 1.807) is 49.6 Å². The molecule has 1 aromatic carbocycles. The van der Waals surface area contributed by atoms with Gasteiger partial charge in [0.1, 0.15) is 46.6 Å². The fourth-order valence-electron chi connectivity index (χ4n) is 3.89. The second kappa shape index (κ2) is 9.44. The van der Waals surface area contributed by atoms with E-state index in [1.165, 1.54) is 10.8 Å². The van der Waals surface area contributed by atoms with E-state index in [0.29, 0.717) is 28.3 Å². The highest BCUT2D eigenvalue weighted by Gasteiger charge is 2.45. The summed E-state index contributed by atoms with van der Waals surface area (Å²) in [7, 11) is 1.54. The Labute approximate surface area is 194 Å². The molecule has 0 aliphatic carbocycles. The molecule has 5 atom stereocenters. The largest absolute Gasteiger partial charge is 0.497 e. The van der Waals surface area contributed by atoms with Crippen molar-refractivity contribution in [2.45, 2.75) is 30.6 Å². The molecule has 1 aliphatic heterocycles. The van der Waals surface area contributed by atoms with E-state index >= 15 is 0 Å². The molecule has 4 rings (SSSR count). The molecule has 1 aliphatic rings. The number of hydrogen-bond donors (Lipinski definition) is 4. The SMILES string of the molecule is COc1ccc(-c2cc(-c3ccco3)c(C#N)c(=S)n2[C@@H]2O[C@H](CO)[C@H](O)[C@H](O)[C@H]2O)cc1. The third-order valence-electron chi connectivity index (χ3n) is 5.65. The zero-order chi connectivity index (χ0) is 23.7. The van der Waals surface area contributed by atoms with Crippen molar-refractivity contribution in [1.82, 2.24) is 4.57 Å². The van der Waals surface area contributed by atoms with Crippen molar-refractivity contribution >= 4 is 12.2 Å². The van der Waals surface area contributed by atoms with Crippen LogP contribution >= 0.6 is 12.2 Å². The monoisotopic (exact) mass is 470 g/mol. The number of methoxy groups -OCH3 is 1. The fourth-order valence-corrected chi connectivity index (χ4v) is 4.25. The number of ether oxygens (including phenoxy) is 2. The van der Waals surface area contributed by atoms with Gasteiger partial charge in [-0.05, 0) is 48.0 Å². The maximum atomic E-state index is 10.8. The number of nitriles is 1. The average molecular weight is 471 g/mol. The summed E-state index contributed by atoms with van der Waals surface area (Å²) in [4.78, 5) is 0. The molecule has 1 saturated heterocycles. The van der Waals surface area contributed by atoms with Crippen LogP contribution in [0.4, 0.5) is 0 Å². The van der Waals surface area contributed by atoms with Gasteiger partial charge in [-0.1, -0.05) is 12.2 Å². The molecular formula is C23H22N2O7S. The van der Waals surface area contributed by atoms with Gasteiger partial charge in [0.15, 0.2) is 6.23 Å². The normalized spacial score (nSPS) is 24.9. The topological polar surface area (TPSA) is 141 Å². The fraction of sp³-hybridized carbons (Fsp3) is 0.304. The lowest BCUT2D eigenvalue weighted by Gasteiger charge is -2.41. The molecule has 0 amide bonds. The molecule has 4 N–H and O–H groups in total. The van der Waals surface area contributed by atoms with Gasteiger partial charge in [0.25, 0.3) is 0 Å². The van der Waals surface area contributed by atoms with Gasteiger partial charge < -0.3 is 38.9 Å². The van der Waals surface area contributed by atoms with Crippen molar-refractivity contribution in [3.63, 3.8) is 0 Å². The summed E-state index contributed by atoms with van der Waals surface area (Å²) in [6.45, 7) is -0.595. The minimum absolute atomic E-state index is 0.0292. The molecular weight excluding hydrogens is 448 g/mol. The highest BCUT2D eigenvalue weighted by molar-refractivity contribution is 7.71. The summed E-state index contributed by atoms with van der Waals surface area (Å²) >= 11 is 5.64. The number of pyridine rings is 1. The van der Waals surface area contributed by atoms with Crippen LogP contribution in [0.25, 0.3) is 22.6 Å². The summed E-state index contributed by atoms with van der Waals surface area (Å²) in [5.41, 5.74) is 1.65. The maximum Gasteiger partial charge on any atom is 0.164 e. The molecule has 9 nitrogen and oxygen atoms in total. The smallest absolute Gasteiger partial charge is 0.164 e. The van der Waals surface area contributed by atoms with Gasteiger partial charge in [-0.3, -0.25) is 0 Å². The second-order valence-electron chi connectivity index (χ2n) is 7.53. The first-order valence-electron chi connectivity index (χ1n) is 10.1. The van der Waals surface area contributed by atoms with Crippen LogP contribution in [-0.2, 0) is 4.74 Å². The summed E-state index contributed by atoms with van der Waals surface area (Å²) in [5, 5.41) is 50.8. The van der Waals surface area contributed by atoms with Crippen LogP contribution in [0.3, 0.4) is 0 Å². The van der Waals surface area contributed by atoms with Crippen molar-refractivity contribution in [2.24, 2.45) is 0 Å². The third-order valence-corrected chi connectivity index (χ3v) is 6.05. The van der Waals surface area contributed by atoms with E-state index in [-0.39, 0.29) is 10.2 Å². The van der Waals surface area contributed by atoms with E-state index in [1.807, 2.05) is 0 Å². The number of hydrogen-bond acceptors (Lipinski definition) is 9. The Hall–Kier alpha value is -3.04. The molecule has 33 heavy (non-hydrogen) atoms. The van der Waals surface area contributed by atoms with Gasteiger partial charge in [0.2, 0.25) is 0 Å². The van der Waals surface area contributed by atoms with Gasteiger partial charge in [-0.15, -0.1) is 0 Å². The van der Waals surface area contributed by atoms with Crippen LogP contribution in [0, 0.1) is 16.0 Å². The predicted octanol–water partition coefficient (Wildman–Crippen LogP) is 2.00. The van der Waals surface area contributed by atoms with E-state index in [2.05, 4.69) is 6.07 Å². The lowest BCUT2D eigenvalue weighted by molar-refractivity contribution is -0.251. The quantitative estimate of drug-likeness (QED) is 0.412. The summed E-state index contributed by atoms with van der Waals surface area (Å²) in [6, 6.07) is 14.1. The first-order valence-corrected chi connectivity index (χ1v) is 10.5. The Kier molecular flexibility index (Phi) is 6.62. The molecule has 3 heterocycles. The number of nitrogens with zero attached hydrogens (tertiary/aromatic N) is 2. The van der Waals surface area contributed by atoms with Gasteiger partial charge >= 0.3 is 0 Å². The van der Waals surface area contributed by atoms with Crippen molar-refractivity contribution in [2.75, 3.05) is 13.7 Å². The highest BCUT2D eigenvalue weighted by atomic mass is 32.1. The molecule has 0 radical (unpaired) electrons. The lowest BCUT2D eigenvalue weighted by Crippen LogP contribution is -2.56. The van der Waals surface area contributed by atoms with Crippen molar-refractivity contribution in [3.8, 4) is 34.4 Å². The number of furan rings is 1. The predicted molar refractivity (Wildman–Crippen MR) is 119 cm³/mol. The van der Waals surface area contributed by atoms with Gasteiger partial charge in [0.05, 0.1) is 31.2 Å². The third kappa shape index (κ3) is 4.06. The minimum Gasteiger partial charge on any atom is -0.497 e. The van der Waals surface area contributed by atoms with Crippen LogP contribution in [0.2, 0.25) is 0 Å². The van der Waals surface area contributed by atoms with Gasteiger partial charge in [-0.25, -0.2) is 0 Å². The molecule has 0 unspecified atom stereocenters. The van der Waals surface area contributed by atoms with Gasteiger partial charge in [-0.2, -0.15) is 5.26 Å². The Bertz CT molecular complexity index is 1220. The number of benzene rings is 1. The molecule has 172 valence electrons. The number of aromatic nitrogens is 1. The zero-order valence-electron chi connectivity index (χ0n) is 17.5. The van der Waals surface area contributed by atoms with Crippen LogP contribution < -0.4 is 4.74 Å². The lowest BCUT2D eigenvalue weighted by atomic mass is 9.96. The van der Waals surface area contributed by atoms with Crippen LogP contribution in [0.15, 0.2) is 53.1 Å². The molecule has 2 aromatic heterocycles. The van der Waals surface area contributed by atoms with E-state index < -0.39 is 37.3 Å². The van der Waals surface area contributed by atoms with Crippen LogP contribution in [0.5, 0.6) is 5.75 Å². The molecule has 10 heteroatoms. The summed E-state index contributed by atoms with van der Waals surface area (Å²) in [5.74, 6) is 1.05. The van der Waals surface area contributed by atoms with Crippen LogP contribution in [0.1, 0.15) is 11.8 Å². The molecule has 0 saturated carbocycles. The molecule has 0 spiro atoms. The van der Waals surface area contributed by atoms with E-state index in [0.717, 1.165) is 0 Å². The van der Waals surface area contributed by atoms with Crippen molar-refractivity contribution in [3.05, 3.63) is 58.9 Å². The Balaban J connectivity index is 1.99. The average Bonchev–Trinajstić information content (AvgIpc) is 3.37. The molecule has 1 fully saturated rings. The number of rotatable bonds is 5. The molecule has 0 bridgehead atoms. The first kappa shape index (κ1) is 23.1. The second-order valence-corrected chi connectivity index (χ2v) is 7.92. The standard InChI is InChI=1S/C23H22N2O7S/c1-30-13-6-4-12(5-7-13)16-9-14(17-3-2-8-31-17)15(10-24)23(33)25(16)22-21(29)20(28)19(27)18(11-26)32-22/h2-9,18-22,26-29H,11H2,1H3/t18-,19+,20+,21-,22-/m1/s1. The Morgan fingerprint density at radius 1 is 1.12 bits per heavy atom. The minimum atomic E-state index is -1.61. The van der Waals surface area contributed by atoms with Gasteiger partial charge in [0, 0.05) is 5.56 Å². The summed E-state index contributed by atoms with van der Waals surface area (Å²) < 4.78 is 17.9. The van der Waals surface area contributed by atoms with Crippen LogP contribution in [-0.4, -0.2) is 63.1 Å². The highest BCUT2D eigenvalue weighted by Crippen LogP contribution is 2.37. The van der Waals surface area contributed by atoms with Crippen molar-refractivity contribution < 1.29 is 34.3 Å². The number of aliphatic hydroxyl groups is 4. The number of aliphatic hydroxyl groups excluding tert-OH is 4. The first-order chi connectivity index (χ1) is 15.9. The van der Waals surface area contributed by atoms with E-state index in [9.17, 15) is 25.7 Å². The van der Waals surface area contributed by atoms with E-state index in [4.69, 9.17) is 26.1 Å². The zero-order valence-corrected chi connectivity index (χ0v) is 18.3. The summed E-state index contributed by atoms with van der Waals surface area (Å²) in [6.07, 6.45) is -5.69.